The van der Waals surface area contributed by atoms with Crippen molar-refractivity contribution in [2.45, 2.75) is 6.42 Å². The number of carbonyl (C=O) groups is 2. The van der Waals surface area contributed by atoms with Crippen LogP contribution in [-0.2, 0) is 11.2 Å². The van der Waals surface area contributed by atoms with Crippen molar-refractivity contribution in [3.05, 3.63) is 69.4 Å². The minimum absolute atomic E-state index is 0.221. The van der Waals surface area contributed by atoms with E-state index in [1.54, 1.807) is 29.0 Å². The molecule has 0 atom stereocenters. The number of ketones is 1. The molecule has 2 rings (SSSR count). The highest BCUT2D eigenvalue weighted by Crippen LogP contribution is 2.21. The lowest BCUT2D eigenvalue weighted by molar-refractivity contribution is -0.135. The zero-order valence-corrected chi connectivity index (χ0v) is 11.6. The number of aliphatic hydroxyl groups excluding tert-OH is 1. The predicted octanol–water partition coefficient (Wildman–Crippen LogP) is 3.19. The first-order valence-corrected chi connectivity index (χ1v) is 6.90. The summed E-state index contributed by atoms with van der Waals surface area (Å²) in [7, 11) is 0. The van der Waals surface area contributed by atoms with Gasteiger partial charge in [-0.25, -0.2) is 9.18 Å². The van der Waals surface area contributed by atoms with Crippen molar-refractivity contribution >= 4 is 23.1 Å². The molecule has 0 bridgehead atoms. The van der Waals surface area contributed by atoms with Crippen LogP contribution >= 0.6 is 11.3 Å². The summed E-state index contributed by atoms with van der Waals surface area (Å²) in [5.74, 6) is -3.59. The molecule has 0 spiro atoms. The monoisotopic (exact) mass is 306 g/mol. The van der Waals surface area contributed by atoms with Crippen LogP contribution in [-0.4, -0.2) is 22.0 Å². The second kappa shape index (κ2) is 6.32. The molecule has 4 nitrogen and oxygen atoms in total. The lowest BCUT2D eigenvalue weighted by atomic mass is 10.0. The Morgan fingerprint density at radius 1 is 1.14 bits per heavy atom. The number of carbonyl (C=O) groups excluding carboxylic acids is 1. The minimum Gasteiger partial charge on any atom is -0.502 e. The molecule has 1 heterocycles. The lowest BCUT2D eigenvalue weighted by Gasteiger charge is -2.03. The van der Waals surface area contributed by atoms with Crippen molar-refractivity contribution in [2.24, 2.45) is 0 Å². The smallest absolute Gasteiger partial charge is 0.371 e. The summed E-state index contributed by atoms with van der Waals surface area (Å²) in [5, 5.41) is 20.9. The lowest BCUT2D eigenvalue weighted by Crippen LogP contribution is -2.05. The van der Waals surface area contributed by atoms with Crippen LogP contribution < -0.4 is 0 Å². The van der Waals surface area contributed by atoms with Gasteiger partial charge in [-0.3, -0.25) is 4.79 Å². The van der Waals surface area contributed by atoms with Crippen LogP contribution in [0.2, 0.25) is 0 Å². The van der Waals surface area contributed by atoms with Gasteiger partial charge in [0.25, 0.3) is 0 Å². The van der Waals surface area contributed by atoms with Gasteiger partial charge in [0.2, 0.25) is 5.76 Å². The average Bonchev–Trinajstić information content (AvgIpc) is 2.89. The summed E-state index contributed by atoms with van der Waals surface area (Å²) in [6.45, 7) is 0. The summed E-state index contributed by atoms with van der Waals surface area (Å²) in [5.41, 5.74) is 1.29. The molecule has 21 heavy (non-hydrogen) atoms. The second-order valence-corrected chi connectivity index (χ2v) is 5.02. The molecule has 0 aliphatic heterocycles. The molecule has 6 heteroatoms. The maximum Gasteiger partial charge on any atom is 0.371 e. The molecule has 1 aromatic heterocycles. The van der Waals surface area contributed by atoms with Crippen LogP contribution in [0.15, 0.2) is 46.9 Å². The van der Waals surface area contributed by atoms with E-state index >= 15 is 0 Å². The van der Waals surface area contributed by atoms with E-state index < -0.39 is 17.5 Å². The van der Waals surface area contributed by atoms with Gasteiger partial charge in [0.15, 0.2) is 5.78 Å². The predicted molar refractivity (Wildman–Crippen MR) is 76.2 cm³/mol. The van der Waals surface area contributed by atoms with Crippen LogP contribution in [0.25, 0.3) is 0 Å². The Bertz CT molecular complexity index is 718. The third-order valence-corrected chi connectivity index (χ3v) is 3.63. The van der Waals surface area contributed by atoms with Gasteiger partial charge in [0.1, 0.15) is 5.82 Å². The number of aliphatic hydroxyl groups is 1. The van der Waals surface area contributed by atoms with E-state index in [1.165, 1.54) is 17.4 Å². The summed E-state index contributed by atoms with van der Waals surface area (Å²) < 4.78 is 13.6. The Kier molecular flexibility index (Phi) is 4.49. The molecular weight excluding hydrogens is 295 g/mol. The summed E-state index contributed by atoms with van der Waals surface area (Å²) >= 11 is 1.25. The first kappa shape index (κ1) is 14.9. The van der Waals surface area contributed by atoms with Gasteiger partial charge in [-0.1, -0.05) is 18.2 Å². The van der Waals surface area contributed by atoms with Crippen molar-refractivity contribution in [2.75, 3.05) is 0 Å². The number of hydrogen-bond acceptors (Lipinski definition) is 4. The number of thiophene rings is 1. The van der Waals surface area contributed by atoms with Gasteiger partial charge in [0, 0.05) is 23.4 Å². The van der Waals surface area contributed by atoms with Gasteiger partial charge >= 0.3 is 5.97 Å². The molecule has 0 amide bonds. The average molecular weight is 306 g/mol. The molecule has 0 saturated carbocycles. The highest BCUT2D eigenvalue weighted by atomic mass is 32.1. The molecule has 0 unspecified atom stereocenters. The third-order valence-electron chi connectivity index (χ3n) is 2.83. The molecule has 0 aliphatic rings. The normalized spacial score (nSPS) is 11.4. The Hall–Kier alpha value is -2.47. The fourth-order valence-corrected chi connectivity index (χ4v) is 2.63. The SMILES string of the molecule is O=C(O)C(O)=CC(=O)c1cscc1Cc1ccccc1F. The van der Waals surface area contributed by atoms with Crippen LogP contribution in [0.3, 0.4) is 0 Å². The first-order chi connectivity index (χ1) is 9.99. The molecule has 0 saturated heterocycles. The fraction of sp³-hybridized carbons (Fsp3) is 0.0667. The van der Waals surface area contributed by atoms with Crippen LogP contribution in [0.4, 0.5) is 4.39 Å². The van der Waals surface area contributed by atoms with Gasteiger partial charge < -0.3 is 10.2 Å². The maximum absolute atomic E-state index is 13.6. The van der Waals surface area contributed by atoms with E-state index in [1.807, 2.05) is 0 Å². The van der Waals surface area contributed by atoms with Gasteiger partial charge in [0.05, 0.1) is 0 Å². The maximum atomic E-state index is 13.6. The van der Waals surface area contributed by atoms with Gasteiger partial charge in [-0.05, 0) is 22.6 Å². The molecular formula is C15H11FO4S. The molecule has 2 aromatic rings. The van der Waals surface area contributed by atoms with E-state index in [-0.39, 0.29) is 17.8 Å². The highest BCUT2D eigenvalue weighted by Gasteiger charge is 2.15. The molecule has 2 N–H and O–H groups in total. The molecule has 1 aromatic carbocycles. The molecule has 108 valence electrons. The van der Waals surface area contributed by atoms with Crippen molar-refractivity contribution in [1.29, 1.82) is 0 Å². The van der Waals surface area contributed by atoms with Crippen molar-refractivity contribution in [3.63, 3.8) is 0 Å². The standard InChI is InChI=1S/C15H11FO4S/c16-12-4-2-1-3-9(12)5-10-7-21-8-11(10)13(17)6-14(18)15(19)20/h1-4,6-8,18H,5H2,(H,19,20). The zero-order valence-electron chi connectivity index (χ0n) is 10.7. The van der Waals surface area contributed by atoms with Crippen LogP contribution in [0.5, 0.6) is 0 Å². The number of hydrogen-bond donors (Lipinski definition) is 2. The van der Waals surface area contributed by atoms with Gasteiger partial charge in [-0.15, -0.1) is 0 Å². The van der Waals surface area contributed by atoms with Crippen molar-refractivity contribution in [3.8, 4) is 0 Å². The topological polar surface area (TPSA) is 74.6 Å². The Balaban J connectivity index is 2.27. The van der Waals surface area contributed by atoms with Crippen molar-refractivity contribution < 1.29 is 24.2 Å². The van der Waals surface area contributed by atoms with E-state index in [4.69, 9.17) is 10.2 Å². The number of rotatable bonds is 5. The van der Waals surface area contributed by atoms with Crippen LogP contribution in [0.1, 0.15) is 21.5 Å². The Morgan fingerprint density at radius 3 is 2.52 bits per heavy atom. The second-order valence-electron chi connectivity index (χ2n) is 4.28. The largest absolute Gasteiger partial charge is 0.502 e. The zero-order chi connectivity index (χ0) is 15.4. The molecule has 0 fully saturated rings. The minimum atomic E-state index is -1.57. The van der Waals surface area contributed by atoms with E-state index in [9.17, 15) is 14.0 Å². The summed E-state index contributed by atoms with van der Waals surface area (Å²) in [6.07, 6.45) is 0.869. The number of carboxylic acid groups (broad SMARTS) is 1. The van der Waals surface area contributed by atoms with Gasteiger partial charge in [-0.2, -0.15) is 11.3 Å². The molecule has 0 aliphatic carbocycles. The highest BCUT2D eigenvalue weighted by molar-refractivity contribution is 7.08. The van der Waals surface area contributed by atoms with Crippen molar-refractivity contribution in [1.82, 2.24) is 0 Å². The summed E-state index contributed by atoms with van der Waals surface area (Å²) in [6, 6.07) is 6.22. The summed E-state index contributed by atoms with van der Waals surface area (Å²) in [4.78, 5) is 22.4. The van der Waals surface area contributed by atoms with E-state index in [0.29, 0.717) is 17.2 Å². The first-order valence-electron chi connectivity index (χ1n) is 5.96. The number of carboxylic acids is 1. The van der Waals surface area contributed by atoms with E-state index in [0.717, 1.165) is 0 Å². The molecule has 0 radical (unpaired) electrons. The Labute approximate surface area is 123 Å². The third kappa shape index (κ3) is 3.55. The number of aliphatic carboxylic acids is 1. The quantitative estimate of drug-likeness (QED) is 0.505. The Morgan fingerprint density at radius 2 is 1.86 bits per heavy atom. The number of allylic oxidation sites excluding steroid dienone is 1. The fourth-order valence-electron chi connectivity index (χ4n) is 1.79. The van der Waals surface area contributed by atoms with Crippen LogP contribution in [0, 0.1) is 5.82 Å². The van der Waals surface area contributed by atoms with E-state index in [2.05, 4.69) is 0 Å². The number of halogens is 1. The number of benzene rings is 1.